The van der Waals surface area contributed by atoms with Gasteiger partial charge in [-0.15, -0.1) is 0 Å². The minimum absolute atomic E-state index is 0.0821. The second-order valence-electron chi connectivity index (χ2n) is 7.88. The number of benzene rings is 1. The summed E-state index contributed by atoms with van der Waals surface area (Å²) in [5.41, 5.74) is 4.23. The van der Waals surface area contributed by atoms with E-state index in [1.54, 1.807) is 18.5 Å². The van der Waals surface area contributed by atoms with Crippen molar-refractivity contribution in [2.45, 2.75) is 6.04 Å². The number of H-pyrrole nitrogens is 1. The van der Waals surface area contributed by atoms with Crippen molar-refractivity contribution in [3.8, 4) is 11.3 Å². The van der Waals surface area contributed by atoms with Crippen LogP contribution in [0.5, 0.6) is 0 Å². The van der Waals surface area contributed by atoms with Gasteiger partial charge in [0.15, 0.2) is 0 Å². The third kappa shape index (κ3) is 4.56. The zero-order valence-corrected chi connectivity index (χ0v) is 18.2. The van der Waals surface area contributed by atoms with Crippen molar-refractivity contribution in [1.29, 1.82) is 0 Å². The summed E-state index contributed by atoms with van der Waals surface area (Å²) in [6, 6.07) is 12.8. The maximum absolute atomic E-state index is 12.5. The Balaban J connectivity index is 1.17. The standard InChI is InChI=1S/C24H22N8O2/c1-2-22(33)28-18-12-32(13-18)19-7-8-26-21(10-19)31-24(34)29-17-5-3-15(4-6-17)20-9-16-11-25-14-27-23(16)30-20/h2-11,14,18H,1,12-13H2,(H,28,33)(H,25,27,30)(H2,26,29,31,34). The third-order valence-electron chi connectivity index (χ3n) is 5.51. The molecule has 0 aliphatic carbocycles. The second-order valence-corrected chi connectivity index (χ2v) is 7.88. The molecule has 1 aliphatic rings. The summed E-state index contributed by atoms with van der Waals surface area (Å²) in [5, 5.41) is 9.37. The van der Waals surface area contributed by atoms with E-state index in [-0.39, 0.29) is 11.9 Å². The molecular weight excluding hydrogens is 432 g/mol. The number of anilines is 3. The van der Waals surface area contributed by atoms with Gasteiger partial charge in [-0.1, -0.05) is 18.7 Å². The Hall–Kier alpha value is -4.73. The van der Waals surface area contributed by atoms with E-state index in [1.807, 2.05) is 36.4 Å². The highest BCUT2D eigenvalue weighted by Gasteiger charge is 2.27. The molecule has 0 bridgehead atoms. The van der Waals surface area contributed by atoms with Gasteiger partial charge in [-0.2, -0.15) is 0 Å². The van der Waals surface area contributed by atoms with Crippen molar-refractivity contribution in [2.24, 2.45) is 0 Å². The van der Waals surface area contributed by atoms with Gasteiger partial charge in [0.2, 0.25) is 5.91 Å². The van der Waals surface area contributed by atoms with E-state index in [0.717, 1.165) is 28.0 Å². The van der Waals surface area contributed by atoms with Crippen LogP contribution >= 0.6 is 0 Å². The average molecular weight is 454 g/mol. The van der Waals surface area contributed by atoms with Crippen LogP contribution in [0.2, 0.25) is 0 Å². The zero-order valence-electron chi connectivity index (χ0n) is 18.2. The molecule has 0 saturated carbocycles. The van der Waals surface area contributed by atoms with Crippen molar-refractivity contribution >= 4 is 40.2 Å². The summed E-state index contributed by atoms with van der Waals surface area (Å²) in [6.45, 7) is 4.83. The number of carbonyl (C=O) groups excluding carboxylic acids is 2. The smallest absolute Gasteiger partial charge is 0.324 e. The Kier molecular flexibility index (Phi) is 5.61. The number of aromatic nitrogens is 4. The van der Waals surface area contributed by atoms with Gasteiger partial charge < -0.3 is 20.5 Å². The van der Waals surface area contributed by atoms with Gasteiger partial charge in [0.1, 0.15) is 17.8 Å². The van der Waals surface area contributed by atoms with Gasteiger partial charge in [0.05, 0.1) is 6.04 Å². The van der Waals surface area contributed by atoms with Gasteiger partial charge in [0, 0.05) is 54.0 Å². The largest absolute Gasteiger partial charge is 0.367 e. The first-order valence-electron chi connectivity index (χ1n) is 10.7. The van der Waals surface area contributed by atoms with Crippen LogP contribution in [-0.2, 0) is 4.79 Å². The van der Waals surface area contributed by atoms with Crippen LogP contribution < -0.4 is 20.9 Å². The normalized spacial score (nSPS) is 13.2. The van der Waals surface area contributed by atoms with Gasteiger partial charge in [-0.25, -0.2) is 19.7 Å². The maximum atomic E-state index is 12.5. The number of carbonyl (C=O) groups is 2. The number of aromatic amines is 1. The van der Waals surface area contributed by atoms with E-state index < -0.39 is 6.03 Å². The molecule has 0 spiro atoms. The zero-order chi connectivity index (χ0) is 23.5. The van der Waals surface area contributed by atoms with Crippen LogP contribution in [0, 0.1) is 0 Å². The second kappa shape index (κ2) is 9.02. The fraction of sp³-hybridized carbons (Fsp3) is 0.125. The van der Waals surface area contributed by atoms with Crippen molar-refractivity contribution in [2.75, 3.05) is 28.6 Å². The number of hydrogen-bond donors (Lipinski definition) is 4. The number of rotatable bonds is 6. The highest BCUT2D eigenvalue weighted by Crippen LogP contribution is 2.25. The Labute approximate surface area is 195 Å². The lowest BCUT2D eigenvalue weighted by Crippen LogP contribution is -2.59. The summed E-state index contributed by atoms with van der Waals surface area (Å²) in [4.78, 5) is 41.7. The van der Waals surface area contributed by atoms with Gasteiger partial charge in [-0.3, -0.25) is 10.1 Å². The third-order valence-corrected chi connectivity index (χ3v) is 5.51. The lowest BCUT2D eigenvalue weighted by atomic mass is 10.1. The van der Waals surface area contributed by atoms with E-state index in [0.29, 0.717) is 24.6 Å². The first-order valence-corrected chi connectivity index (χ1v) is 10.7. The molecule has 1 saturated heterocycles. The predicted molar refractivity (Wildman–Crippen MR) is 131 cm³/mol. The molecule has 4 N–H and O–H groups in total. The molecule has 3 aromatic heterocycles. The van der Waals surface area contributed by atoms with E-state index in [2.05, 4.69) is 47.4 Å². The Bertz CT molecular complexity index is 1330. The van der Waals surface area contributed by atoms with Crippen LogP contribution in [0.25, 0.3) is 22.3 Å². The maximum Gasteiger partial charge on any atom is 0.324 e. The van der Waals surface area contributed by atoms with Crippen LogP contribution in [0.4, 0.5) is 22.0 Å². The van der Waals surface area contributed by atoms with Crippen molar-refractivity contribution in [3.05, 3.63) is 73.8 Å². The van der Waals surface area contributed by atoms with E-state index in [4.69, 9.17) is 0 Å². The number of fused-ring (bicyclic) bond motifs is 1. The molecule has 4 aromatic rings. The van der Waals surface area contributed by atoms with E-state index in [1.165, 1.54) is 12.4 Å². The molecule has 4 heterocycles. The van der Waals surface area contributed by atoms with Gasteiger partial charge in [0.25, 0.3) is 0 Å². The quantitative estimate of drug-likeness (QED) is 0.332. The summed E-state index contributed by atoms with van der Waals surface area (Å²) >= 11 is 0. The predicted octanol–water partition coefficient (Wildman–Crippen LogP) is 3.15. The number of pyridine rings is 1. The minimum Gasteiger partial charge on any atom is -0.367 e. The fourth-order valence-corrected chi connectivity index (χ4v) is 3.76. The van der Waals surface area contributed by atoms with Crippen LogP contribution in [-0.4, -0.2) is 51.0 Å². The minimum atomic E-state index is -0.391. The summed E-state index contributed by atoms with van der Waals surface area (Å²) in [6.07, 6.45) is 6.16. The molecule has 0 unspecified atom stereocenters. The molecule has 1 fully saturated rings. The Morgan fingerprint density at radius 1 is 1.09 bits per heavy atom. The molecule has 1 aliphatic heterocycles. The topological polar surface area (TPSA) is 128 Å². The molecule has 170 valence electrons. The van der Waals surface area contributed by atoms with Crippen molar-refractivity contribution < 1.29 is 9.59 Å². The molecule has 0 radical (unpaired) electrons. The monoisotopic (exact) mass is 454 g/mol. The average Bonchev–Trinajstić information content (AvgIpc) is 3.26. The Morgan fingerprint density at radius 2 is 1.91 bits per heavy atom. The highest BCUT2D eigenvalue weighted by molar-refractivity contribution is 5.99. The van der Waals surface area contributed by atoms with Crippen LogP contribution in [0.15, 0.2) is 73.8 Å². The molecule has 0 atom stereocenters. The number of nitrogens with one attached hydrogen (secondary N) is 4. The lowest BCUT2D eigenvalue weighted by molar-refractivity contribution is -0.117. The van der Waals surface area contributed by atoms with Crippen LogP contribution in [0.1, 0.15) is 0 Å². The van der Waals surface area contributed by atoms with Gasteiger partial charge in [-0.05, 0) is 35.9 Å². The molecule has 10 heteroatoms. The summed E-state index contributed by atoms with van der Waals surface area (Å²) < 4.78 is 0. The molecular formula is C24H22N8O2. The molecule has 1 aromatic carbocycles. The van der Waals surface area contributed by atoms with Crippen molar-refractivity contribution in [3.63, 3.8) is 0 Å². The number of nitrogens with zero attached hydrogens (tertiary/aromatic N) is 4. The number of hydrogen-bond acceptors (Lipinski definition) is 6. The first-order chi connectivity index (χ1) is 16.6. The number of urea groups is 1. The first kappa shape index (κ1) is 21.1. The van der Waals surface area contributed by atoms with E-state index in [9.17, 15) is 9.59 Å². The Morgan fingerprint density at radius 3 is 2.68 bits per heavy atom. The summed E-state index contributed by atoms with van der Waals surface area (Å²) in [5.74, 6) is 0.256. The highest BCUT2D eigenvalue weighted by atomic mass is 16.2. The van der Waals surface area contributed by atoms with Gasteiger partial charge >= 0.3 is 6.03 Å². The lowest BCUT2D eigenvalue weighted by Gasteiger charge is -2.41. The van der Waals surface area contributed by atoms with E-state index >= 15 is 0 Å². The number of amides is 3. The SMILES string of the molecule is C=CC(=O)NC1CN(c2ccnc(NC(=O)Nc3ccc(-c4cc5cncnc5[nH]4)cc3)c2)C1. The van der Waals surface area contributed by atoms with Crippen molar-refractivity contribution in [1.82, 2.24) is 25.3 Å². The molecule has 5 rings (SSSR count). The molecule has 3 amide bonds. The molecule has 34 heavy (non-hydrogen) atoms. The fourth-order valence-electron chi connectivity index (χ4n) is 3.76. The molecule has 10 nitrogen and oxygen atoms in total. The summed E-state index contributed by atoms with van der Waals surface area (Å²) in [7, 11) is 0. The van der Waals surface area contributed by atoms with Crippen LogP contribution in [0.3, 0.4) is 0 Å².